The molecule has 1 aromatic heterocycles. The molecule has 1 fully saturated rings. The van der Waals surface area contributed by atoms with Crippen LogP contribution < -0.4 is 0 Å². The molecule has 88 valence electrons. The number of rotatable bonds is 1. The fourth-order valence-corrected chi connectivity index (χ4v) is 3.31. The molecular formula is C11H15BrN2OS. The lowest BCUT2D eigenvalue weighted by atomic mass is 10.2. The first-order valence-corrected chi connectivity index (χ1v) is 7.20. The van der Waals surface area contributed by atoms with Crippen molar-refractivity contribution >= 4 is 33.6 Å². The van der Waals surface area contributed by atoms with Gasteiger partial charge in [-0.05, 0) is 28.9 Å². The highest BCUT2D eigenvalue weighted by Gasteiger charge is 2.29. The summed E-state index contributed by atoms with van der Waals surface area (Å²) >= 11 is 5.28. The summed E-state index contributed by atoms with van der Waals surface area (Å²) in [5.41, 5.74) is 0.665. The van der Waals surface area contributed by atoms with E-state index in [1.54, 1.807) is 6.20 Å². The van der Waals surface area contributed by atoms with Crippen molar-refractivity contribution in [1.29, 1.82) is 0 Å². The zero-order valence-electron chi connectivity index (χ0n) is 9.37. The summed E-state index contributed by atoms with van der Waals surface area (Å²) in [7, 11) is 0. The standard InChI is InChI=1S/C11H15BrN2OS/c1-7-8(2)16-4-3-14(7)11(15)10-5-9(12)6-13-10/h5-8,13H,3-4H2,1-2H3. The molecule has 1 amide bonds. The number of H-pyrrole nitrogens is 1. The van der Waals surface area contributed by atoms with Gasteiger partial charge in [-0.25, -0.2) is 0 Å². The van der Waals surface area contributed by atoms with E-state index in [1.165, 1.54) is 0 Å². The average molecular weight is 303 g/mol. The molecule has 1 saturated heterocycles. The molecule has 3 nitrogen and oxygen atoms in total. The van der Waals surface area contributed by atoms with E-state index < -0.39 is 0 Å². The van der Waals surface area contributed by atoms with Crippen molar-refractivity contribution in [3.8, 4) is 0 Å². The van der Waals surface area contributed by atoms with Gasteiger partial charge in [-0.2, -0.15) is 11.8 Å². The van der Waals surface area contributed by atoms with Crippen LogP contribution in [0, 0.1) is 0 Å². The third kappa shape index (κ3) is 2.30. The fourth-order valence-electron chi connectivity index (χ4n) is 1.87. The maximum absolute atomic E-state index is 12.2. The lowest BCUT2D eigenvalue weighted by Gasteiger charge is -2.37. The number of hydrogen-bond acceptors (Lipinski definition) is 2. The zero-order valence-corrected chi connectivity index (χ0v) is 11.8. The molecule has 1 aromatic rings. The lowest BCUT2D eigenvalue weighted by Crippen LogP contribution is -2.48. The Balaban J connectivity index is 2.15. The quantitative estimate of drug-likeness (QED) is 0.866. The number of aromatic amines is 1. The maximum atomic E-state index is 12.2. The highest BCUT2D eigenvalue weighted by molar-refractivity contribution is 9.10. The number of nitrogens with zero attached hydrogens (tertiary/aromatic N) is 1. The first-order chi connectivity index (χ1) is 7.59. The number of thioether (sulfide) groups is 1. The summed E-state index contributed by atoms with van der Waals surface area (Å²) < 4.78 is 0.919. The number of halogens is 1. The van der Waals surface area contributed by atoms with Crippen LogP contribution >= 0.6 is 27.7 Å². The van der Waals surface area contributed by atoms with Crippen molar-refractivity contribution in [2.45, 2.75) is 25.1 Å². The summed E-state index contributed by atoms with van der Waals surface area (Å²) in [6, 6.07) is 2.13. The second kappa shape index (κ2) is 4.84. The van der Waals surface area contributed by atoms with Crippen LogP contribution in [0.15, 0.2) is 16.7 Å². The molecule has 0 saturated carbocycles. The maximum Gasteiger partial charge on any atom is 0.270 e. The van der Waals surface area contributed by atoms with Crippen molar-refractivity contribution in [3.63, 3.8) is 0 Å². The minimum absolute atomic E-state index is 0.102. The van der Waals surface area contributed by atoms with E-state index in [2.05, 4.69) is 34.8 Å². The number of aromatic nitrogens is 1. The van der Waals surface area contributed by atoms with E-state index in [0.29, 0.717) is 17.0 Å². The molecule has 2 heterocycles. The van der Waals surface area contributed by atoms with Gasteiger partial charge in [-0.3, -0.25) is 4.79 Å². The highest BCUT2D eigenvalue weighted by Crippen LogP contribution is 2.25. The van der Waals surface area contributed by atoms with Gasteiger partial charge < -0.3 is 9.88 Å². The largest absolute Gasteiger partial charge is 0.356 e. The van der Waals surface area contributed by atoms with Crippen LogP contribution in [0.3, 0.4) is 0 Å². The molecule has 0 aliphatic carbocycles. The Labute approximate surface area is 108 Å². The van der Waals surface area contributed by atoms with E-state index in [-0.39, 0.29) is 5.91 Å². The van der Waals surface area contributed by atoms with Gasteiger partial charge in [0.1, 0.15) is 5.69 Å². The van der Waals surface area contributed by atoms with Gasteiger partial charge in [0.2, 0.25) is 0 Å². The molecule has 2 rings (SSSR count). The minimum Gasteiger partial charge on any atom is -0.356 e. The van der Waals surface area contributed by atoms with Crippen LogP contribution in [0.5, 0.6) is 0 Å². The molecule has 2 atom stereocenters. The van der Waals surface area contributed by atoms with E-state index in [0.717, 1.165) is 16.8 Å². The zero-order chi connectivity index (χ0) is 11.7. The van der Waals surface area contributed by atoms with Gasteiger partial charge >= 0.3 is 0 Å². The predicted molar refractivity (Wildman–Crippen MR) is 70.9 cm³/mol. The molecule has 1 aliphatic rings. The Morgan fingerprint density at radius 2 is 2.38 bits per heavy atom. The summed E-state index contributed by atoms with van der Waals surface area (Å²) in [5.74, 6) is 1.13. The number of nitrogens with one attached hydrogen (secondary N) is 1. The van der Waals surface area contributed by atoms with Gasteiger partial charge in [-0.1, -0.05) is 6.92 Å². The van der Waals surface area contributed by atoms with Gasteiger partial charge in [0, 0.05) is 34.3 Å². The molecule has 0 bridgehead atoms. The molecule has 1 aliphatic heterocycles. The third-order valence-electron chi connectivity index (χ3n) is 3.02. The monoisotopic (exact) mass is 302 g/mol. The summed E-state index contributed by atoms with van der Waals surface area (Å²) in [6.45, 7) is 5.14. The predicted octanol–water partition coefficient (Wildman–Crippen LogP) is 2.74. The first kappa shape index (κ1) is 12.0. The van der Waals surface area contributed by atoms with E-state index in [9.17, 15) is 4.79 Å². The van der Waals surface area contributed by atoms with Crippen molar-refractivity contribution in [2.24, 2.45) is 0 Å². The topological polar surface area (TPSA) is 36.1 Å². The summed E-state index contributed by atoms with van der Waals surface area (Å²) in [4.78, 5) is 17.2. The van der Waals surface area contributed by atoms with Crippen LogP contribution in [0.4, 0.5) is 0 Å². The Kier molecular flexibility index (Phi) is 3.64. The van der Waals surface area contributed by atoms with Crippen LogP contribution in [0.1, 0.15) is 24.3 Å². The molecule has 2 unspecified atom stereocenters. The number of carbonyl (C=O) groups excluding carboxylic acids is 1. The Morgan fingerprint density at radius 3 is 3.00 bits per heavy atom. The Morgan fingerprint density at radius 1 is 1.62 bits per heavy atom. The SMILES string of the molecule is CC1SCCN(C(=O)c2cc(Br)c[nH]2)C1C. The summed E-state index contributed by atoms with van der Waals surface area (Å²) in [5, 5.41) is 0.510. The van der Waals surface area contributed by atoms with Crippen molar-refractivity contribution in [3.05, 3.63) is 22.4 Å². The fraction of sp³-hybridized carbons (Fsp3) is 0.545. The number of hydrogen-bond donors (Lipinski definition) is 1. The lowest BCUT2D eigenvalue weighted by molar-refractivity contribution is 0.0693. The van der Waals surface area contributed by atoms with Crippen LogP contribution in [-0.2, 0) is 0 Å². The van der Waals surface area contributed by atoms with Crippen molar-refractivity contribution in [1.82, 2.24) is 9.88 Å². The Hall–Kier alpha value is -0.420. The minimum atomic E-state index is 0.102. The molecule has 0 radical (unpaired) electrons. The van der Waals surface area contributed by atoms with Crippen molar-refractivity contribution < 1.29 is 4.79 Å². The molecule has 0 aromatic carbocycles. The second-order valence-electron chi connectivity index (χ2n) is 4.05. The molecule has 16 heavy (non-hydrogen) atoms. The number of amides is 1. The smallest absolute Gasteiger partial charge is 0.270 e. The highest BCUT2D eigenvalue weighted by atomic mass is 79.9. The van der Waals surface area contributed by atoms with E-state index in [1.807, 2.05) is 22.7 Å². The normalized spacial score (nSPS) is 25.8. The Bertz CT molecular complexity index is 393. The summed E-state index contributed by atoms with van der Waals surface area (Å²) in [6.07, 6.45) is 1.79. The van der Waals surface area contributed by atoms with Gasteiger partial charge in [-0.15, -0.1) is 0 Å². The van der Waals surface area contributed by atoms with Crippen molar-refractivity contribution in [2.75, 3.05) is 12.3 Å². The van der Waals surface area contributed by atoms with E-state index >= 15 is 0 Å². The first-order valence-electron chi connectivity index (χ1n) is 5.36. The van der Waals surface area contributed by atoms with Gasteiger partial charge in [0.25, 0.3) is 5.91 Å². The van der Waals surface area contributed by atoms with Gasteiger partial charge in [0.05, 0.1) is 0 Å². The van der Waals surface area contributed by atoms with Gasteiger partial charge in [0.15, 0.2) is 0 Å². The molecule has 0 spiro atoms. The third-order valence-corrected chi connectivity index (χ3v) is 4.82. The molecule has 5 heteroatoms. The van der Waals surface area contributed by atoms with Crippen LogP contribution in [0.2, 0.25) is 0 Å². The average Bonchev–Trinajstić information content (AvgIpc) is 2.68. The van der Waals surface area contributed by atoms with Crippen LogP contribution in [0.25, 0.3) is 0 Å². The molecular weight excluding hydrogens is 288 g/mol. The van der Waals surface area contributed by atoms with Crippen LogP contribution in [-0.4, -0.2) is 39.4 Å². The van der Waals surface area contributed by atoms with E-state index in [4.69, 9.17) is 0 Å². The number of carbonyl (C=O) groups is 1. The molecule has 1 N–H and O–H groups in total. The second-order valence-corrected chi connectivity index (χ2v) is 6.45.